The summed E-state index contributed by atoms with van der Waals surface area (Å²) in [5.74, 6) is 0.911. The number of thiophene rings is 1. The molecular formula is C25H23N7O4S2. The SMILES string of the molecule is COc1ccc(Nc2nccc3c(NC(=O)c4csc5c(N)ncnc45)c(C)ccc23)cc1NS(C)(=O)=O. The molecule has 0 unspecified atom stereocenters. The number of pyridine rings is 1. The Kier molecular flexibility index (Phi) is 6.46. The number of amides is 1. The van der Waals surface area contributed by atoms with Crippen molar-refractivity contribution in [2.45, 2.75) is 6.92 Å². The van der Waals surface area contributed by atoms with E-state index in [0.29, 0.717) is 44.5 Å². The van der Waals surface area contributed by atoms with Gasteiger partial charge in [-0.3, -0.25) is 9.52 Å². The van der Waals surface area contributed by atoms with Crippen molar-refractivity contribution in [2.75, 3.05) is 34.5 Å². The van der Waals surface area contributed by atoms with Crippen molar-refractivity contribution in [1.29, 1.82) is 0 Å². The second kappa shape index (κ2) is 9.76. The fraction of sp³-hybridized carbons (Fsp3) is 0.120. The van der Waals surface area contributed by atoms with Gasteiger partial charge in [-0.25, -0.2) is 23.4 Å². The van der Waals surface area contributed by atoms with Gasteiger partial charge < -0.3 is 21.1 Å². The van der Waals surface area contributed by atoms with Crippen LogP contribution in [0.3, 0.4) is 0 Å². The number of hydrogen-bond donors (Lipinski definition) is 4. The molecule has 38 heavy (non-hydrogen) atoms. The number of aryl methyl sites for hydroxylation is 1. The van der Waals surface area contributed by atoms with Crippen molar-refractivity contribution in [1.82, 2.24) is 15.0 Å². The maximum Gasteiger partial charge on any atom is 0.258 e. The molecule has 0 radical (unpaired) electrons. The molecule has 0 aliphatic rings. The van der Waals surface area contributed by atoms with Crippen LogP contribution in [0.1, 0.15) is 15.9 Å². The molecule has 3 heterocycles. The first kappa shape index (κ1) is 25.2. The molecule has 5 aromatic rings. The molecule has 11 nitrogen and oxygen atoms in total. The van der Waals surface area contributed by atoms with E-state index in [1.54, 1.807) is 29.8 Å². The third-order valence-corrected chi connectivity index (χ3v) is 7.36. The van der Waals surface area contributed by atoms with Gasteiger partial charge in [0, 0.05) is 28.0 Å². The molecule has 0 fully saturated rings. The van der Waals surface area contributed by atoms with E-state index in [9.17, 15) is 13.2 Å². The standard InChI is InChI=1S/C25H23N7O4S2/c1-13-4-6-16-15(20(13)31-25(33)17-11-37-22-21(17)28-12-29-23(22)26)8-9-27-24(16)30-14-5-7-19(36-2)18(10-14)32-38(3,34)35/h4-12,32H,1-3H3,(H,27,30)(H,31,33)(H2,26,28,29). The summed E-state index contributed by atoms with van der Waals surface area (Å²) in [6, 6.07) is 10.6. The predicted molar refractivity (Wildman–Crippen MR) is 151 cm³/mol. The van der Waals surface area contributed by atoms with E-state index in [1.807, 2.05) is 25.1 Å². The molecule has 0 saturated heterocycles. The molecule has 5 rings (SSSR count). The van der Waals surface area contributed by atoms with Gasteiger partial charge in [0.15, 0.2) is 0 Å². The maximum atomic E-state index is 13.3. The smallest absolute Gasteiger partial charge is 0.258 e. The normalized spacial score (nSPS) is 11.4. The number of nitrogens with zero attached hydrogens (tertiary/aromatic N) is 3. The summed E-state index contributed by atoms with van der Waals surface area (Å²) in [4.78, 5) is 26.0. The summed E-state index contributed by atoms with van der Waals surface area (Å²) in [6.45, 7) is 1.90. The minimum Gasteiger partial charge on any atom is -0.495 e. The Hall–Kier alpha value is -4.49. The third-order valence-electron chi connectivity index (χ3n) is 5.78. The summed E-state index contributed by atoms with van der Waals surface area (Å²) < 4.78 is 32.0. The van der Waals surface area contributed by atoms with Crippen molar-refractivity contribution in [2.24, 2.45) is 0 Å². The molecule has 5 N–H and O–H groups in total. The lowest BCUT2D eigenvalue weighted by Gasteiger charge is -2.16. The Morgan fingerprint density at radius 2 is 1.89 bits per heavy atom. The number of methoxy groups -OCH3 is 1. The molecule has 0 bridgehead atoms. The monoisotopic (exact) mass is 549 g/mol. The molecule has 194 valence electrons. The minimum atomic E-state index is -3.52. The van der Waals surface area contributed by atoms with Gasteiger partial charge in [0.05, 0.1) is 40.5 Å². The number of hydrogen-bond acceptors (Lipinski definition) is 10. The summed E-state index contributed by atoms with van der Waals surface area (Å²) in [5.41, 5.74) is 9.21. The molecule has 13 heteroatoms. The Labute approximate surface area is 222 Å². The van der Waals surface area contributed by atoms with E-state index < -0.39 is 10.0 Å². The number of nitrogens with one attached hydrogen (secondary N) is 3. The van der Waals surface area contributed by atoms with Gasteiger partial charge in [-0.15, -0.1) is 11.3 Å². The van der Waals surface area contributed by atoms with E-state index in [1.165, 1.54) is 24.8 Å². The molecule has 1 amide bonds. The van der Waals surface area contributed by atoms with Gasteiger partial charge >= 0.3 is 0 Å². The largest absolute Gasteiger partial charge is 0.495 e. The number of benzene rings is 2. The molecule has 3 aromatic heterocycles. The van der Waals surface area contributed by atoms with E-state index >= 15 is 0 Å². The second-order valence-electron chi connectivity index (χ2n) is 8.47. The Balaban J connectivity index is 1.51. The summed E-state index contributed by atoms with van der Waals surface area (Å²) in [5, 5.41) is 9.50. The number of sulfonamides is 1. The van der Waals surface area contributed by atoms with Crippen molar-refractivity contribution < 1.29 is 17.9 Å². The van der Waals surface area contributed by atoms with Crippen LogP contribution in [0, 0.1) is 6.92 Å². The zero-order chi connectivity index (χ0) is 27.0. The topological polar surface area (TPSA) is 161 Å². The van der Waals surface area contributed by atoms with Crippen LogP contribution in [0.25, 0.3) is 21.0 Å². The molecular weight excluding hydrogens is 526 g/mol. The number of anilines is 5. The highest BCUT2D eigenvalue weighted by Gasteiger charge is 2.18. The molecule has 0 aliphatic carbocycles. The average Bonchev–Trinajstić information content (AvgIpc) is 3.31. The Bertz CT molecular complexity index is 1820. The summed E-state index contributed by atoms with van der Waals surface area (Å²) in [6.07, 6.45) is 4.04. The Morgan fingerprint density at radius 1 is 1.08 bits per heavy atom. The number of ether oxygens (including phenoxy) is 1. The number of carbonyl (C=O) groups excluding carboxylic acids is 1. The highest BCUT2D eigenvalue weighted by molar-refractivity contribution is 7.92. The van der Waals surface area contributed by atoms with Gasteiger partial charge in [-0.1, -0.05) is 12.1 Å². The highest BCUT2D eigenvalue weighted by atomic mass is 32.2. The molecule has 0 atom stereocenters. The zero-order valence-corrected chi connectivity index (χ0v) is 22.2. The third kappa shape index (κ3) is 4.88. The van der Waals surface area contributed by atoms with E-state index in [0.717, 1.165) is 22.6 Å². The number of rotatable bonds is 7. The van der Waals surface area contributed by atoms with Crippen molar-refractivity contribution in [3.8, 4) is 5.75 Å². The zero-order valence-electron chi connectivity index (χ0n) is 20.6. The molecule has 0 spiro atoms. The maximum absolute atomic E-state index is 13.3. The van der Waals surface area contributed by atoms with Crippen LogP contribution in [-0.2, 0) is 10.0 Å². The number of nitrogens with two attached hydrogens (primary N) is 1. The number of carbonyl (C=O) groups is 1. The van der Waals surface area contributed by atoms with Gasteiger partial charge in [-0.2, -0.15) is 0 Å². The Morgan fingerprint density at radius 3 is 2.66 bits per heavy atom. The fourth-order valence-electron chi connectivity index (χ4n) is 4.04. The lowest BCUT2D eigenvalue weighted by molar-refractivity contribution is 0.102. The predicted octanol–water partition coefficient (Wildman–Crippen LogP) is 4.51. The summed E-state index contributed by atoms with van der Waals surface area (Å²) in [7, 11) is -2.06. The van der Waals surface area contributed by atoms with Crippen molar-refractivity contribution in [3.63, 3.8) is 0 Å². The van der Waals surface area contributed by atoms with Crippen LogP contribution in [-0.4, -0.2) is 42.6 Å². The average molecular weight is 550 g/mol. The van der Waals surface area contributed by atoms with Gasteiger partial charge in [0.2, 0.25) is 10.0 Å². The van der Waals surface area contributed by atoms with Gasteiger partial charge in [0.1, 0.15) is 23.7 Å². The van der Waals surface area contributed by atoms with Crippen LogP contribution in [0.5, 0.6) is 5.75 Å². The van der Waals surface area contributed by atoms with Crippen molar-refractivity contribution >= 4 is 77.0 Å². The number of fused-ring (bicyclic) bond motifs is 2. The van der Waals surface area contributed by atoms with Crippen LogP contribution in [0.15, 0.2) is 54.3 Å². The van der Waals surface area contributed by atoms with E-state index in [4.69, 9.17) is 10.5 Å². The lowest BCUT2D eigenvalue weighted by atomic mass is 10.0. The number of nitrogen functional groups attached to an aromatic ring is 1. The minimum absolute atomic E-state index is 0.288. The second-order valence-corrected chi connectivity index (χ2v) is 11.1. The van der Waals surface area contributed by atoms with Crippen molar-refractivity contribution in [3.05, 3.63) is 65.4 Å². The summed E-state index contributed by atoms with van der Waals surface area (Å²) >= 11 is 1.32. The molecule has 0 saturated carbocycles. The lowest BCUT2D eigenvalue weighted by Crippen LogP contribution is -2.13. The van der Waals surface area contributed by atoms with E-state index in [-0.39, 0.29) is 11.6 Å². The van der Waals surface area contributed by atoms with Gasteiger partial charge in [-0.05, 0) is 36.8 Å². The quantitative estimate of drug-likeness (QED) is 0.229. The number of aromatic nitrogens is 3. The molecule has 0 aliphatic heterocycles. The van der Waals surface area contributed by atoms with E-state index in [2.05, 4.69) is 30.3 Å². The van der Waals surface area contributed by atoms with Crippen LogP contribution in [0.2, 0.25) is 0 Å². The van der Waals surface area contributed by atoms with Crippen LogP contribution >= 0.6 is 11.3 Å². The molecule has 2 aromatic carbocycles. The highest BCUT2D eigenvalue weighted by Crippen LogP contribution is 2.35. The van der Waals surface area contributed by atoms with Crippen LogP contribution < -0.4 is 25.8 Å². The first-order valence-corrected chi connectivity index (χ1v) is 14.0. The first-order valence-electron chi connectivity index (χ1n) is 11.2. The van der Waals surface area contributed by atoms with Gasteiger partial charge in [0.25, 0.3) is 5.91 Å². The first-order chi connectivity index (χ1) is 18.1. The fourth-order valence-corrected chi connectivity index (χ4v) is 5.50. The van der Waals surface area contributed by atoms with Crippen LogP contribution in [0.4, 0.5) is 28.7 Å².